The minimum absolute atomic E-state index is 0.0793. The number of carbonyl (C=O) groups is 3. The summed E-state index contributed by atoms with van der Waals surface area (Å²) in [7, 11) is 0. The Kier molecular flexibility index (Phi) is 7.79. The molecule has 2 saturated heterocycles. The molecule has 2 heterocycles. The topological polar surface area (TPSA) is 96.5 Å². The molecule has 37 heavy (non-hydrogen) atoms. The molecule has 3 aromatic carbocycles. The van der Waals surface area contributed by atoms with Gasteiger partial charge >= 0.3 is 0 Å². The number of carbonyl (C=O) groups excluding carboxylic acids is 3. The van der Waals surface area contributed by atoms with E-state index in [2.05, 4.69) is 40.2 Å². The summed E-state index contributed by atoms with van der Waals surface area (Å²) >= 11 is 0.868. The highest BCUT2D eigenvalue weighted by atomic mass is 32.2. The molecule has 188 valence electrons. The fourth-order valence-corrected chi connectivity index (χ4v) is 5.12. The van der Waals surface area contributed by atoms with Gasteiger partial charge in [-0.1, -0.05) is 66.7 Å². The molecule has 7 nitrogen and oxygen atoms in total. The molecule has 3 N–H and O–H groups in total. The predicted octanol–water partition coefficient (Wildman–Crippen LogP) is 4.35. The van der Waals surface area contributed by atoms with Gasteiger partial charge in [-0.3, -0.25) is 19.7 Å². The number of hydrogen-bond donors (Lipinski definition) is 3. The van der Waals surface area contributed by atoms with Crippen molar-refractivity contribution in [3.63, 3.8) is 0 Å². The van der Waals surface area contributed by atoms with Crippen molar-refractivity contribution in [2.24, 2.45) is 0 Å². The maximum Gasteiger partial charge on any atom is 0.290 e. The Morgan fingerprint density at radius 2 is 1.76 bits per heavy atom. The van der Waals surface area contributed by atoms with Crippen molar-refractivity contribution in [1.29, 1.82) is 0 Å². The predicted molar refractivity (Wildman–Crippen MR) is 145 cm³/mol. The number of imide groups is 1. The first kappa shape index (κ1) is 25.0. The number of amides is 3. The molecule has 0 spiro atoms. The lowest BCUT2D eigenvalue weighted by Crippen LogP contribution is -2.37. The molecule has 0 radical (unpaired) electrons. The van der Waals surface area contributed by atoms with Crippen LogP contribution in [-0.2, 0) is 16.1 Å². The fourth-order valence-electron chi connectivity index (χ4n) is 4.44. The first-order valence-electron chi connectivity index (χ1n) is 12.2. The zero-order valence-corrected chi connectivity index (χ0v) is 20.9. The van der Waals surface area contributed by atoms with Crippen molar-refractivity contribution in [3.8, 4) is 11.1 Å². The zero-order chi connectivity index (χ0) is 25.6. The van der Waals surface area contributed by atoms with E-state index < -0.39 is 5.91 Å². The van der Waals surface area contributed by atoms with Crippen molar-refractivity contribution >= 4 is 34.9 Å². The van der Waals surface area contributed by atoms with Crippen LogP contribution in [0.2, 0.25) is 0 Å². The molecule has 2 atom stereocenters. The summed E-state index contributed by atoms with van der Waals surface area (Å²) < 4.78 is 6.22. The summed E-state index contributed by atoms with van der Waals surface area (Å²) in [5, 5.41) is 8.27. The van der Waals surface area contributed by atoms with Gasteiger partial charge in [0.25, 0.3) is 17.1 Å². The summed E-state index contributed by atoms with van der Waals surface area (Å²) in [5.74, 6) is -0.561. The molecule has 0 aliphatic carbocycles. The Hall–Kier alpha value is -3.72. The SMILES string of the molecule is O=C1NC(=O)C(=Cc2ccc(C(=O)NC[C@@H]3C[C@@H](OCc4ccccc4-c4ccccc4)CN3)cc2)S1. The normalized spacial score (nSPS) is 20.3. The van der Waals surface area contributed by atoms with Crippen molar-refractivity contribution in [3.05, 3.63) is 100 Å². The van der Waals surface area contributed by atoms with Crippen LogP contribution in [0.5, 0.6) is 0 Å². The second-order valence-corrected chi connectivity index (χ2v) is 10.00. The van der Waals surface area contributed by atoms with E-state index in [0.29, 0.717) is 23.6 Å². The van der Waals surface area contributed by atoms with Crippen molar-refractivity contribution in [1.82, 2.24) is 16.0 Å². The van der Waals surface area contributed by atoms with Gasteiger partial charge in [0.2, 0.25) is 0 Å². The Morgan fingerprint density at radius 1 is 1.00 bits per heavy atom. The van der Waals surface area contributed by atoms with Gasteiger partial charge in [0.15, 0.2) is 0 Å². The van der Waals surface area contributed by atoms with E-state index in [4.69, 9.17) is 4.74 Å². The van der Waals surface area contributed by atoms with Gasteiger partial charge in [-0.05, 0) is 58.6 Å². The Labute approximate surface area is 219 Å². The lowest BCUT2D eigenvalue weighted by molar-refractivity contribution is -0.115. The molecular weight excluding hydrogens is 486 g/mol. The van der Waals surface area contributed by atoms with Gasteiger partial charge < -0.3 is 15.4 Å². The van der Waals surface area contributed by atoms with Gasteiger partial charge in [-0.2, -0.15) is 0 Å². The van der Waals surface area contributed by atoms with Gasteiger partial charge in [0, 0.05) is 24.7 Å². The largest absolute Gasteiger partial charge is 0.372 e. The highest BCUT2D eigenvalue weighted by molar-refractivity contribution is 8.18. The molecule has 0 saturated carbocycles. The Balaban J connectivity index is 1.09. The van der Waals surface area contributed by atoms with E-state index in [1.807, 2.05) is 30.3 Å². The van der Waals surface area contributed by atoms with Crippen LogP contribution in [-0.4, -0.2) is 42.3 Å². The Bertz CT molecular complexity index is 1320. The summed E-state index contributed by atoms with van der Waals surface area (Å²) in [6.45, 7) is 1.78. The summed E-state index contributed by atoms with van der Waals surface area (Å²) in [6.07, 6.45) is 2.53. The third-order valence-corrected chi connectivity index (χ3v) is 7.19. The molecule has 2 aliphatic rings. The van der Waals surface area contributed by atoms with Crippen LogP contribution >= 0.6 is 11.8 Å². The molecule has 0 aromatic heterocycles. The standard InChI is InChI=1S/C29H27N3O4S/c33-27(21-12-10-19(11-13-21)14-26-28(34)32-29(35)37-26)31-16-23-15-24(17-30-23)36-18-22-8-4-5-9-25(22)20-6-2-1-3-7-20/h1-14,23-24,30H,15-18H2,(H,31,33)(H,32,34,35)/t23-,24+/m0/s1. The van der Waals surface area contributed by atoms with Gasteiger partial charge in [0.1, 0.15) is 0 Å². The van der Waals surface area contributed by atoms with Crippen molar-refractivity contribution in [2.75, 3.05) is 13.1 Å². The van der Waals surface area contributed by atoms with Crippen LogP contribution in [0.4, 0.5) is 4.79 Å². The lowest BCUT2D eigenvalue weighted by atomic mass is 10.0. The Morgan fingerprint density at radius 3 is 2.51 bits per heavy atom. The van der Waals surface area contributed by atoms with Gasteiger partial charge in [-0.25, -0.2) is 0 Å². The molecule has 0 bridgehead atoms. The fraction of sp³-hybridized carbons (Fsp3) is 0.207. The average molecular weight is 514 g/mol. The van der Waals surface area contributed by atoms with E-state index in [0.717, 1.165) is 35.9 Å². The van der Waals surface area contributed by atoms with E-state index in [1.54, 1.807) is 30.3 Å². The van der Waals surface area contributed by atoms with Crippen LogP contribution in [0.25, 0.3) is 17.2 Å². The van der Waals surface area contributed by atoms with Crippen LogP contribution in [0.15, 0.2) is 83.8 Å². The summed E-state index contributed by atoms with van der Waals surface area (Å²) in [6, 6.07) is 25.7. The molecular formula is C29H27N3O4S. The van der Waals surface area contributed by atoms with Crippen molar-refractivity contribution < 1.29 is 19.1 Å². The first-order valence-corrected chi connectivity index (χ1v) is 13.0. The minimum atomic E-state index is -0.399. The quantitative estimate of drug-likeness (QED) is 0.388. The highest BCUT2D eigenvalue weighted by Crippen LogP contribution is 2.26. The molecule has 2 fully saturated rings. The molecule has 3 amide bonds. The third kappa shape index (κ3) is 6.35. The second kappa shape index (κ2) is 11.6. The molecule has 3 aromatic rings. The molecule has 0 unspecified atom stereocenters. The van der Waals surface area contributed by atoms with Crippen LogP contribution in [0.3, 0.4) is 0 Å². The molecule has 8 heteroatoms. The molecule has 2 aliphatic heterocycles. The third-order valence-electron chi connectivity index (χ3n) is 6.38. The maximum atomic E-state index is 12.6. The number of ether oxygens (including phenoxy) is 1. The van der Waals surface area contributed by atoms with Crippen LogP contribution in [0.1, 0.15) is 27.9 Å². The van der Waals surface area contributed by atoms with E-state index in [1.165, 1.54) is 11.1 Å². The van der Waals surface area contributed by atoms with Gasteiger partial charge in [0.05, 0.1) is 17.6 Å². The lowest BCUT2D eigenvalue weighted by Gasteiger charge is -2.15. The number of rotatable bonds is 8. The van der Waals surface area contributed by atoms with E-state index in [9.17, 15) is 14.4 Å². The zero-order valence-electron chi connectivity index (χ0n) is 20.1. The van der Waals surface area contributed by atoms with Crippen LogP contribution in [0, 0.1) is 0 Å². The maximum absolute atomic E-state index is 12.6. The van der Waals surface area contributed by atoms with Crippen LogP contribution < -0.4 is 16.0 Å². The monoisotopic (exact) mass is 513 g/mol. The number of hydrogen-bond acceptors (Lipinski definition) is 6. The minimum Gasteiger partial charge on any atom is -0.372 e. The number of thioether (sulfide) groups is 1. The van der Waals surface area contributed by atoms with Crippen molar-refractivity contribution in [2.45, 2.75) is 25.2 Å². The number of nitrogens with one attached hydrogen (secondary N) is 3. The average Bonchev–Trinajstić information content (AvgIpc) is 3.52. The first-order chi connectivity index (χ1) is 18.0. The van der Waals surface area contributed by atoms with Gasteiger partial charge in [-0.15, -0.1) is 0 Å². The van der Waals surface area contributed by atoms with E-state index in [-0.39, 0.29) is 23.3 Å². The summed E-state index contributed by atoms with van der Waals surface area (Å²) in [5.41, 5.74) is 4.79. The highest BCUT2D eigenvalue weighted by Gasteiger charge is 2.26. The second-order valence-electron chi connectivity index (χ2n) is 8.98. The molecule has 5 rings (SSSR count). The number of benzene rings is 3. The summed E-state index contributed by atoms with van der Waals surface area (Å²) in [4.78, 5) is 35.9. The van der Waals surface area contributed by atoms with E-state index >= 15 is 0 Å². The smallest absolute Gasteiger partial charge is 0.290 e.